The lowest BCUT2D eigenvalue weighted by Gasteiger charge is -2.22. The van der Waals surface area contributed by atoms with Crippen LogP contribution in [0.3, 0.4) is 0 Å². The summed E-state index contributed by atoms with van der Waals surface area (Å²) in [7, 11) is 0. The van der Waals surface area contributed by atoms with Crippen molar-refractivity contribution in [3.8, 4) is 0 Å². The predicted molar refractivity (Wildman–Crippen MR) is 87.0 cm³/mol. The Morgan fingerprint density at radius 3 is 2.57 bits per heavy atom. The van der Waals surface area contributed by atoms with Crippen molar-refractivity contribution >= 4 is 11.6 Å². The maximum atomic E-state index is 12.4. The number of hydrogen-bond acceptors (Lipinski definition) is 3. The van der Waals surface area contributed by atoms with E-state index in [1.54, 1.807) is 0 Å². The molecule has 1 atom stereocenters. The van der Waals surface area contributed by atoms with Crippen LogP contribution in [-0.4, -0.2) is 48.4 Å². The fourth-order valence-electron chi connectivity index (χ4n) is 2.98. The molecule has 4 nitrogen and oxygen atoms in total. The van der Waals surface area contributed by atoms with Gasteiger partial charge < -0.3 is 15.5 Å². The molecule has 1 aromatic rings. The first-order valence-electron chi connectivity index (χ1n) is 7.96. The minimum Gasteiger partial charge on any atom is -0.399 e. The van der Waals surface area contributed by atoms with Crippen LogP contribution in [0.15, 0.2) is 24.3 Å². The number of hydrogen-bond donors (Lipinski definition) is 1. The van der Waals surface area contributed by atoms with Gasteiger partial charge >= 0.3 is 0 Å². The zero-order chi connectivity index (χ0) is 15.2. The highest BCUT2D eigenvalue weighted by Gasteiger charge is 2.26. The van der Waals surface area contributed by atoms with Gasteiger partial charge in [0.2, 0.25) is 5.91 Å². The summed E-state index contributed by atoms with van der Waals surface area (Å²) in [4.78, 5) is 16.8. The molecule has 0 aromatic heterocycles. The third kappa shape index (κ3) is 4.46. The molecule has 1 amide bonds. The van der Waals surface area contributed by atoms with Crippen molar-refractivity contribution < 1.29 is 4.79 Å². The second-order valence-corrected chi connectivity index (χ2v) is 5.90. The molecule has 1 aromatic carbocycles. The number of rotatable bonds is 6. The minimum atomic E-state index is 0.238. The monoisotopic (exact) mass is 289 g/mol. The van der Waals surface area contributed by atoms with Crippen molar-refractivity contribution in [3.63, 3.8) is 0 Å². The van der Waals surface area contributed by atoms with Gasteiger partial charge in [0.25, 0.3) is 0 Å². The number of nitrogens with zero attached hydrogens (tertiary/aromatic N) is 2. The first kappa shape index (κ1) is 15.8. The summed E-state index contributed by atoms with van der Waals surface area (Å²) in [6.45, 7) is 9.49. The first-order valence-corrected chi connectivity index (χ1v) is 7.96. The van der Waals surface area contributed by atoms with Gasteiger partial charge in [0.1, 0.15) is 0 Å². The first-order chi connectivity index (χ1) is 10.1. The maximum absolute atomic E-state index is 12.4. The molecule has 1 saturated heterocycles. The molecule has 1 unspecified atom stereocenters. The van der Waals surface area contributed by atoms with Gasteiger partial charge in [-0.2, -0.15) is 0 Å². The topological polar surface area (TPSA) is 49.6 Å². The molecule has 0 saturated carbocycles. The van der Waals surface area contributed by atoms with E-state index in [0.717, 1.165) is 50.4 Å². The van der Waals surface area contributed by atoms with E-state index in [1.165, 1.54) is 0 Å². The van der Waals surface area contributed by atoms with Crippen LogP contribution in [0.2, 0.25) is 0 Å². The number of carbonyl (C=O) groups is 1. The molecule has 116 valence electrons. The number of nitrogen functional groups attached to an aromatic ring is 1. The standard InChI is InChI=1S/C17H27N3O/c1-3-19(4-2)12-15-9-10-20(13-15)17(21)11-14-5-7-16(18)8-6-14/h5-8,15H,3-4,9-13,18H2,1-2H3. The molecule has 4 heteroatoms. The SMILES string of the molecule is CCN(CC)CC1CCN(C(=O)Cc2ccc(N)cc2)C1. The Morgan fingerprint density at radius 1 is 1.29 bits per heavy atom. The molecule has 1 heterocycles. The largest absolute Gasteiger partial charge is 0.399 e. The van der Waals surface area contributed by atoms with Gasteiger partial charge in [0, 0.05) is 25.3 Å². The highest BCUT2D eigenvalue weighted by molar-refractivity contribution is 5.79. The predicted octanol–water partition coefficient (Wildman–Crippen LogP) is 2.00. The Labute approximate surface area is 127 Å². The second-order valence-electron chi connectivity index (χ2n) is 5.90. The van der Waals surface area contributed by atoms with E-state index >= 15 is 0 Å². The van der Waals surface area contributed by atoms with Crippen molar-refractivity contribution in [2.24, 2.45) is 5.92 Å². The van der Waals surface area contributed by atoms with Crippen LogP contribution in [0.25, 0.3) is 0 Å². The summed E-state index contributed by atoms with van der Waals surface area (Å²) in [5.74, 6) is 0.863. The van der Waals surface area contributed by atoms with Gasteiger partial charge in [-0.3, -0.25) is 4.79 Å². The Hall–Kier alpha value is -1.55. The van der Waals surface area contributed by atoms with Crippen molar-refractivity contribution in [2.45, 2.75) is 26.7 Å². The summed E-state index contributed by atoms with van der Waals surface area (Å²) in [5.41, 5.74) is 7.46. The minimum absolute atomic E-state index is 0.238. The van der Waals surface area contributed by atoms with Crippen LogP contribution >= 0.6 is 0 Å². The third-order valence-electron chi connectivity index (χ3n) is 4.38. The van der Waals surface area contributed by atoms with E-state index in [9.17, 15) is 4.79 Å². The zero-order valence-corrected chi connectivity index (χ0v) is 13.2. The molecule has 0 aliphatic carbocycles. The van der Waals surface area contributed by atoms with E-state index in [0.29, 0.717) is 12.3 Å². The molecular weight excluding hydrogens is 262 g/mol. The highest BCUT2D eigenvalue weighted by Crippen LogP contribution is 2.19. The van der Waals surface area contributed by atoms with Crippen molar-refractivity contribution in [2.75, 3.05) is 38.5 Å². The molecule has 0 radical (unpaired) electrons. The molecular formula is C17H27N3O. The molecule has 0 spiro atoms. The van der Waals surface area contributed by atoms with Crippen molar-refractivity contribution in [1.29, 1.82) is 0 Å². The van der Waals surface area contributed by atoms with Crippen LogP contribution in [-0.2, 0) is 11.2 Å². The lowest BCUT2D eigenvalue weighted by atomic mass is 10.1. The third-order valence-corrected chi connectivity index (χ3v) is 4.38. The van der Waals surface area contributed by atoms with E-state index in [4.69, 9.17) is 5.73 Å². The van der Waals surface area contributed by atoms with E-state index in [1.807, 2.05) is 29.2 Å². The Morgan fingerprint density at radius 2 is 1.95 bits per heavy atom. The second kappa shape index (κ2) is 7.46. The molecule has 2 N–H and O–H groups in total. The van der Waals surface area contributed by atoms with Crippen molar-refractivity contribution in [1.82, 2.24) is 9.80 Å². The number of nitrogens with two attached hydrogens (primary N) is 1. The van der Waals surface area contributed by atoms with Crippen LogP contribution in [0.1, 0.15) is 25.8 Å². The summed E-state index contributed by atoms with van der Waals surface area (Å²) >= 11 is 0. The fraction of sp³-hybridized carbons (Fsp3) is 0.588. The summed E-state index contributed by atoms with van der Waals surface area (Å²) in [6, 6.07) is 7.60. The van der Waals surface area contributed by atoms with Crippen LogP contribution < -0.4 is 5.73 Å². The van der Waals surface area contributed by atoms with Crippen LogP contribution in [0.5, 0.6) is 0 Å². The average Bonchev–Trinajstić information content (AvgIpc) is 2.96. The number of likely N-dealkylation sites (tertiary alicyclic amines) is 1. The van der Waals surface area contributed by atoms with Gasteiger partial charge in [-0.05, 0) is 43.1 Å². The van der Waals surface area contributed by atoms with E-state index in [2.05, 4.69) is 18.7 Å². The van der Waals surface area contributed by atoms with E-state index < -0.39 is 0 Å². The maximum Gasteiger partial charge on any atom is 0.226 e. The molecule has 1 aliphatic heterocycles. The lowest BCUT2D eigenvalue weighted by Crippen LogP contribution is -2.33. The van der Waals surface area contributed by atoms with Gasteiger partial charge in [0.15, 0.2) is 0 Å². The average molecular weight is 289 g/mol. The number of amides is 1. The van der Waals surface area contributed by atoms with E-state index in [-0.39, 0.29) is 5.91 Å². The molecule has 21 heavy (non-hydrogen) atoms. The highest BCUT2D eigenvalue weighted by atomic mass is 16.2. The summed E-state index contributed by atoms with van der Waals surface area (Å²) in [5, 5.41) is 0. The summed E-state index contributed by atoms with van der Waals surface area (Å²) < 4.78 is 0. The van der Waals surface area contributed by atoms with Crippen LogP contribution in [0.4, 0.5) is 5.69 Å². The van der Waals surface area contributed by atoms with Crippen LogP contribution in [0, 0.1) is 5.92 Å². The van der Waals surface area contributed by atoms with Gasteiger partial charge in [-0.25, -0.2) is 0 Å². The smallest absolute Gasteiger partial charge is 0.226 e. The number of benzene rings is 1. The molecule has 1 aliphatic rings. The fourth-order valence-corrected chi connectivity index (χ4v) is 2.98. The Balaban J connectivity index is 1.83. The molecule has 2 rings (SSSR count). The van der Waals surface area contributed by atoms with Crippen molar-refractivity contribution in [3.05, 3.63) is 29.8 Å². The molecule has 1 fully saturated rings. The van der Waals surface area contributed by atoms with Gasteiger partial charge in [-0.15, -0.1) is 0 Å². The number of anilines is 1. The Bertz CT molecular complexity index is 454. The lowest BCUT2D eigenvalue weighted by molar-refractivity contribution is -0.129. The van der Waals surface area contributed by atoms with Gasteiger partial charge in [0.05, 0.1) is 6.42 Å². The quantitative estimate of drug-likeness (QED) is 0.815. The van der Waals surface area contributed by atoms with Gasteiger partial charge in [-0.1, -0.05) is 26.0 Å². The Kier molecular flexibility index (Phi) is 5.62. The normalized spacial score (nSPS) is 18.4. The summed E-state index contributed by atoms with van der Waals surface area (Å²) in [6.07, 6.45) is 1.61. The molecule has 0 bridgehead atoms. The number of carbonyl (C=O) groups excluding carboxylic acids is 1. The zero-order valence-electron chi connectivity index (χ0n) is 13.2.